The topological polar surface area (TPSA) is 17.0 Å². The van der Waals surface area contributed by atoms with E-state index in [9.17, 15) is 0 Å². The summed E-state index contributed by atoms with van der Waals surface area (Å²) in [7, 11) is 0. The second kappa shape index (κ2) is 4.06. The quantitative estimate of drug-likeness (QED) is 0.863. The summed E-state index contributed by atoms with van der Waals surface area (Å²) in [4.78, 5) is 0. The van der Waals surface area contributed by atoms with Crippen LogP contribution in [0.4, 0.5) is 0 Å². The molecule has 94 valence electrons. The Bertz CT molecular complexity index is 558. The maximum Gasteiger partial charge on any atom is 0.0730 e. The van der Waals surface area contributed by atoms with Gasteiger partial charge in [-0.1, -0.05) is 31.5 Å². The standard InChI is InChI=1S/C15H17ClN2/c1-15(2)10-11-5-6-12(16)9-13(11)14(15)17-18-7-3-4-8-18/h3-9,14,17H,10H2,1-2H3. The van der Waals surface area contributed by atoms with Crippen molar-refractivity contribution in [3.05, 3.63) is 58.9 Å². The second-order valence-corrected chi connectivity index (χ2v) is 6.10. The summed E-state index contributed by atoms with van der Waals surface area (Å²) < 4.78 is 2.02. The molecular weight excluding hydrogens is 244 g/mol. The van der Waals surface area contributed by atoms with Crippen LogP contribution in [0.25, 0.3) is 0 Å². The molecule has 0 bridgehead atoms. The van der Waals surface area contributed by atoms with Crippen molar-refractivity contribution in [2.75, 3.05) is 5.43 Å². The number of benzene rings is 1. The zero-order chi connectivity index (χ0) is 12.8. The first kappa shape index (κ1) is 11.7. The van der Waals surface area contributed by atoms with Crippen LogP contribution < -0.4 is 5.43 Å². The molecule has 1 aromatic carbocycles. The molecule has 1 atom stereocenters. The van der Waals surface area contributed by atoms with Gasteiger partial charge in [-0.2, -0.15) is 0 Å². The minimum absolute atomic E-state index is 0.192. The van der Waals surface area contributed by atoms with Crippen molar-refractivity contribution in [2.45, 2.75) is 26.3 Å². The minimum atomic E-state index is 0.192. The number of nitrogens with one attached hydrogen (secondary N) is 1. The van der Waals surface area contributed by atoms with Gasteiger partial charge in [0.15, 0.2) is 0 Å². The third kappa shape index (κ3) is 1.91. The highest BCUT2D eigenvalue weighted by Crippen LogP contribution is 2.46. The van der Waals surface area contributed by atoms with Crippen molar-refractivity contribution < 1.29 is 0 Å². The molecule has 0 fully saturated rings. The fourth-order valence-corrected chi connectivity index (χ4v) is 3.00. The predicted molar refractivity (Wildman–Crippen MR) is 75.5 cm³/mol. The summed E-state index contributed by atoms with van der Waals surface area (Å²) in [5, 5.41) is 0.811. The Labute approximate surface area is 113 Å². The van der Waals surface area contributed by atoms with Crippen LogP contribution in [-0.4, -0.2) is 4.68 Å². The summed E-state index contributed by atoms with van der Waals surface area (Å²) in [6.45, 7) is 4.59. The van der Waals surface area contributed by atoms with Crippen LogP contribution in [0.2, 0.25) is 5.02 Å². The van der Waals surface area contributed by atoms with Gasteiger partial charge in [-0.15, -0.1) is 0 Å². The summed E-state index contributed by atoms with van der Waals surface area (Å²) in [5.41, 5.74) is 6.46. The molecule has 1 unspecified atom stereocenters. The Morgan fingerprint density at radius 2 is 2.00 bits per heavy atom. The molecule has 0 amide bonds. The van der Waals surface area contributed by atoms with Crippen molar-refractivity contribution in [3.63, 3.8) is 0 Å². The highest BCUT2D eigenvalue weighted by molar-refractivity contribution is 6.30. The molecule has 1 aliphatic rings. The molecule has 3 heteroatoms. The van der Waals surface area contributed by atoms with Crippen LogP contribution in [0.3, 0.4) is 0 Å². The van der Waals surface area contributed by atoms with E-state index in [2.05, 4.69) is 31.4 Å². The van der Waals surface area contributed by atoms with E-state index < -0.39 is 0 Å². The Balaban J connectivity index is 1.99. The number of hydrogen-bond acceptors (Lipinski definition) is 1. The van der Waals surface area contributed by atoms with Crippen LogP contribution >= 0.6 is 11.6 Å². The van der Waals surface area contributed by atoms with E-state index in [4.69, 9.17) is 11.6 Å². The molecule has 1 aliphatic carbocycles. The minimum Gasteiger partial charge on any atom is -0.318 e. The zero-order valence-corrected chi connectivity index (χ0v) is 11.4. The van der Waals surface area contributed by atoms with E-state index in [0.717, 1.165) is 11.4 Å². The Morgan fingerprint density at radius 3 is 2.72 bits per heavy atom. The first-order valence-electron chi connectivity index (χ1n) is 6.24. The molecule has 0 radical (unpaired) electrons. The second-order valence-electron chi connectivity index (χ2n) is 5.66. The molecule has 1 heterocycles. The summed E-state index contributed by atoms with van der Waals surface area (Å²) in [5.74, 6) is 0. The Morgan fingerprint density at radius 1 is 1.28 bits per heavy atom. The number of fused-ring (bicyclic) bond motifs is 1. The molecule has 2 nitrogen and oxygen atoms in total. The van der Waals surface area contributed by atoms with Crippen molar-refractivity contribution in [1.29, 1.82) is 0 Å². The molecule has 0 saturated heterocycles. The normalized spacial score (nSPS) is 20.7. The molecule has 3 rings (SSSR count). The highest BCUT2D eigenvalue weighted by atomic mass is 35.5. The van der Waals surface area contributed by atoms with Crippen molar-refractivity contribution >= 4 is 11.6 Å². The highest BCUT2D eigenvalue weighted by Gasteiger charge is 2.39. The van der Waals surface area contributed by atoms with Crippen LogP contribution in [0.1, 0.15) is 31.0 Å². The number of rotatable bonds is 2. The van der Waals surface area contributed by atoms with Crippen LogP contribution in [0.15, 0.2) is 42.7 Å². The van der Waals surface area contributed by atoms with Gasteiger partial charge in [0.05, 0.1) is 6.04 Å². The van der Waals surface area contributed by atoms with E-state index in [1.165, 1.54) is 11.1 Å². The Kier molecular flexibility index (Phi) is 2.63. The van der Waals surface area contributed by atoms with E-state index in [1.54, 1.807) is 0 Å². The number of nitrogens with zero attached hydrogens (tertiary/aromatic N) is 1. The molecular formula is C15H17ClN2. The van der Waals surface area contributed by atoms with Gasteiger partial charge < -0.3 is 5.43 Å². The predicted octanol–water partition coefficient (Wildman–Crippen LogP) is 4.01. The third-order valence-electron chi connectivity index (χ3n) is 3.73. The van der Waals surface area contributed by atoms with Gasteiger partial charge in [-0.25, -0.2) is 0 Å². The van der Waals surface area contributed by atoms with Crippen LogP contribution in [-0.2, 0) is 6.42 Å². The van der Waals surface area contributed by atoms with Gasteiger partial charge >= 0.3 is 0 Å². The van der Waals surface area contributed by atoms with Gasteiger partial charge in [0, 0.05) is 17.4 Å². The lowest BCUT2D eigenvalue weighted by molar-refractivity contribution is 0.320. The molecule has 0 spiro atoms. The van der Waals surface area contributed by atoms with Gasteiger partial charge in [-0.05, 0) is 47.2 Å². The smallest absolute Gasteiger partial charge is 0.0730 e. The lowest BCUT2D eigenvalue weighted by atomic mass is 9.86. The Hall–Kier alpha value is -1.41. The molecule has 0 aliphatic heterocycles. The molecule has 0 saturated carbocycles. The maximum absolute atomic E-state index is 6.13. The SMILES string of the molecule is CC1(C)Cc2ccc(Cl)cc2C1Nn1cccc1. The molecule has 2 aromatic rings. The fraction of sp³-hybridized carbons (Fsp3) is 0.333. The van der Waals surface area contributed by atoms with Crippen LogP contribution in [0.5, 0.6) is 0 Å². The molecule has 1 aromatic heterocycles. The first-order valence-corrected chi connectivity index (χ1v) is 6.62. The molecule has 18 heavy (non-hydrogen) atoms. The summed E-state index contributed by atoms with van der Waals surface area (Å²) >= 11 is 6.13. The largest absolute Gasteiger partial charge is 0.318 e. The van der Waals surface area contributed by atoms with E-state index in [0.29, 0.717) is 6.04 Å². The zero-order valence-electron chi connectivity index (χ0n) is 10.7. The van der Waals surface area contributed by atoms with Gasteiger partial charge in [0.25, 0.3) is 0 Å². The average molecular weight is 261 g/mol. The average Bonchev–Trinajstić information content (AvgIpc) is 2.88. The monoisotopic (exact) mass is 260 g/mol. The number of hydrogen-bond donors (Lipinski definition) is 1. The van der Waals surface area contributed by atoms with Crippen LogP contribution in [0, 0.1) is 5.41 Å². The van der Waals surface area contributed by atoms with Gasteiger partial charge in [0.2, 0.25) is 0 Å². The van der Waals surface area contributed by atoms with E-state index in [1.807, 2.05) is 35.3 Å². The van der Waals surface area contributed by atoms with Gasteiger partial charge in [-0.3, -0.25) is 4.68 Å². The van der Waals surface area contributed by atoms with E-state index in [-0.39, 0.29) is 5.41 Å². The fourth-order valence-electron chi connectivity index (χ4n) is 2.82. The number of aromatic nitrogens is 1. The van der Waals surface area contributed by atoms with Crippen molar-refractivity contribution in [3.8, 4) is 0 Å². The summed E-state index contributed by atoms with van der Waals surface area (Å²) in [6.07, 6.45) is 5.13. The van der Waals surface area contributed by atoms with E-state index >= 15 is 0 Å². The van der Waals surface area contributed by atoms with Crippen molar-refractivity contribution in [2.24, 2.45) is 5.41 Å². The first-order chi connectivity index (χ1) is 8.56. The molecule has 1 N–H and O–H groups in total. The van der Waals surface area contributed by atoms with Crippen molar-refractivity contribution in [1.82, 2.24) is 4.68 Å². The lowest BCUT2D eigenvalue weighted by Gasteiger charge is -2.29. The van der Waals surface area contributed by atoms with Gasteiger partial charge in [0.1, 0.15) is 0 Å². The third-order valence-corrected chi connectivity index (χ3v) is 3.96. The summed E-state index contributed by atoms with van der Waals surface area (Å²) in [6, 6.07) is 10.6. The number of halogens is 1. The maximum atomic E-state index is 6.13. The lowest BCUT2D eigenvalue weighted by Crippen LogP contribution is -2.29.